The van der Waals surface area contributed by atoms with E-state index in [0.29, 0.717) is 23.6 Å². The molecule has 2 aromatic rings. The van der Waals surface area contributed by atoms with Gasteiger partial charge in [0.2, 0.25) is 5.95 Å². The molecule has 1 aromatic heterocycles. The van der Waals surface area contributed by atoms with Crippen molar-refractivity contribution in [2.45, 2.75) is 41.0 Å². The molecule has 2 N–H and O–H groups in total. The molecule has 0 spiro atoms. The molecule has 0 saturated carbocycles. The largest absolute Gasteiger partial charge is 0.465 e. The molecule has 0 bridgehead atoms. The average molecular weight is 471 g/mol. The Morgan fingerprint density at radius 3 is 2.41 bits per heavy atom. The first-order chi connectivity index (χ1) is 16.2. The first-order valence-corrected chi connectivity index (χ1v) is 11.2. The fourth-order valence-electron chi connectivity index (χ4n) is 3.04. The van der Waals surface area contributed by atoms with Crippen LogP contribution in [-0.2, 0) is 19.1 Å². The van der Waals surface area contributed by atoms with Gasteiger partial charge in [-0.15, -0.1) is 0 Å². The lowest BCUT2D eigenvalue weighted by molar-refractivity contribution is -0.165. The van der Waals surface area contributed by atoms with Crippen LogP contribution in [0.5, 0.6) is 0 Å². The van der Waals surface area contributed by atoms with Crippen molar-refractivity contribution in [1.29, 1.82) is 0 Å². The van der Waals surface area contributed by atoms with Crippen molar-refractivity contribution < 1.29 is 23.5 Å². The maximum atomic E-state index is 13.5. The fourth-order valence-corrected chi connectivity index (χ4v) is 3.04. The quantitative estimate of drug-likeness (QED) is 0.301. The van der Waals surface area contributed by atoms with Crippen LogP contribution < -0.4 is 10.6 Å². The summed E-state index contributed by atoms with van der Waals surface area (Å²) in [6, 6.07) is 5.97. The second-order valence-corrected chi connectivity index (χ2v) is 7.93. The van der Waals surface area contributed by atoms with E-state index in [0.717, 1.165) is 6.42 Å². The van der Waals surface area contributed by atoms with Gasteiger partial charge in [-0.1, -0.05) is 24.8 Å². The molecule has 0 unspecified atom stereocenters. The van der Waals surface area contributed by atoms with Gasteiger partial charge in [0, 0.05) is 12.2 Å². The summed E-state index contributed by atoms with van der Waals surface area (Å²) in [7, 11) is 0. The van der Waals surface area contributed by atoms with Crippen LogP contribution in [0.15, 0.2) is 30.5 Å². The summed E-state index contributed by atoms with van der Waals surface area (Å²) in [5.74, 6) is 3.79. The molecule has 8 nitrogen and oxygen atoms in total. The zero-order valence-corrected chi connectivity index (χ0v) is 20.2. The van der Waals surface area contributed by atoms with Gasteiger partial charge in [-0.05, 0) is 52.3 Å². The maximum Gasteiger partial charge on any atom is 0.321 e. The number of ether oxygens (including phenoxy) is 2. The lowest BCUT2D eigenvalue weighted by atomic mass is 9.79. The maximum absolute atomic E-state index is 13.5. The predicted octanol–water partition coefficient (Wildman–Crippen LogP) is 4.30. The third-order valence-electron chi connectivity index (χ3n) is 4.70. The van der Waals surface area contributed by atoms with Gasteiger partial charge >= 0.3 is 11.9 Å². The van der Waals surface area contributed by atoms with Gasteiger partial charge in [0.25, 0.3) is 0 Å². The Bertz CT molecular complexity index is 1040. The minimum Gasteiger partial charge on any atom is -0.465 e. The highest BCUT2D eigenvalue weighted by atomic mass is 19.1. The number of anilines is 3. The van der Waals surface area contributed by atoms with Gasteiger partial charge < -0.3 is 20.1 Å². The summed E-state index contributed by atoms with van der Waals surface area (Å²) in [4.78, 5) is 33.8. The first kappa shape index (κ1) is 26.6. The molecule has 1 heterocycles. The van der Waals surface area contributed by atoms with E-state index >= 15 is 0 Å². The summed E-state index contributed by atoms with van der Waals surface area (Å²) in [6.07, 6.45) is 2.38. The number of hydrogen-bond donors (Lipinski definition) is 2. The zero-order chi connectivity index (χ0) is 25.1. The Morgan fingerprint density at radius 2 is 1.82 bits per heavy atom. The Kier molecular flexibility index (Phi) is 9.80. The van der Waals surface area contributed by atoms with E-state index in [1.807, 2.05) is 6.92 Å². The molecule has 0 fully saturated rings. The molecule has 0 radical (unpaired) electrons. The minimum absolute atomic E-state index is 0.136. The molecule has 0 aliphatic carbocycles. The smallest absolute Gasteiger partial charge is 0.321 e. The molecule has 34 heavy (non-hydrogen) atoms. The Balaban J connectivity index is 2.38. The normalized spacial score (nSPS) is 10.8. The van der Waals surface area contributed by atoms with Crippen molar-refractivity contribution in [1.82, 2.24) is 9.97 Å². The zero-order valence-electron chi connectivity index (χ0n) is 20.2. The number of carbonyl (C=O) groups excluding carboxylic acids is 2. The number of rotatable bonds is 10. The van der Waals surface area contributed by atoms with Crippen LogP contribution in [0.4, 0.5) is 21.8 Å². The number of halogens is 1. The average Bonchev–Trinajstić information content (AvgIpc) is 2.77. The molecule has 2 rings (SSSR count). The Labute approximate surface area is 199 Å². The highest BCUT2D eigenvalue weighted by Gasteiger charge is 2.42. The third-order valence-corrected chi connectivity index (χ3v) is 4.70. The van der Waals surface area contributed by atoms with Gasteiger partial charge in [0.15, 0.2) is 5.92 Å². The van der Waals surface area contributed by atoms with Crippen LogP contribution in [0.3, 0.4) is 0 Å². The number of carbonyl (C=O) groups is 2. The van der Waals surface area contributed by atoms with E-state index in [1.165, 1.54) is 18.3 Å². The van der Waals surface area contributed by atoms with Crippen LogP contribution in [0.25, 0.3) is 0 Å². The van der Waals surface area contributed by atoms with Crippen molar-refractivity contribution in [3.8, 4) is 11.8 Å². The van der Waals surface area contributed by atoms with Crippen LogP contribution in [0.1, 0.15) is 46.6 Å². The van der Waals surface area contributed by atoms with E-state index in [-0.39, 0.29) is 25.0 Å². The monoisotopic (exact) mass is 470 g/mol. The summed E-state index contributed by atoms with van der Waals surface area (Å²) in [6.45, 7) is 9.62. The highest BCUT2D eigenvalue weighted by Crippen LogP contribution is 2.29. The number of aromatic nitrogens is 2. The van der Waals surface area contributed by atoms with Gasteiger partial charge in [-0.2, -0.15) is 4.98 Å². The van der Waals surface area contributed by atoms with Crippen LogP contribution in [0.2, 0.25) is 0 Å². The number of benzene rings is 1. The Hall–Kier alpha value is -3.67. The van der Waals surface area contributed by atoms with E-state index in [1.54, 1.807) is 39.8 Å². The molecule has 0 atom stereocenters. The van der Waals surface area contributed by atoms with Crippen LogP contribution >= 0.6 is 0 Å². The van der Waals surface area contributed by atoms with Crippen molar-refractivity contribution >= 4 is 29.4 Å². The van der Waals surface area contributed by atoms with E-state index in [4.69, 9.17) is 9.47 Å². The second kappa shape index (κ2) is 12.5. The summed E-state index contributed by atoms with van der Waals surface area (Å²) in [5, 5.41) is 6.17. The van der Waals surface area contributed by atoms with E-state index in [9.17, 15) is 14.0 Å². The summed E-state index contributed by atoms with van der Waals surface area (Å²) in [5.41, 5.74) is -0.0927. The molecule has 0 amide bonds. The number of hydrogen-bond acceptors (Lipinski definition) is 8. The van der Waals surface area contributed by atoms with Crippen LogP contribution in [0, 0.1) is 29.0 Å². The van der Waals surface area contributed by atoms with Gasteiger partial charge in [0.1, 0.15) is 11.6 Å². The fraction of sp³-hybridized carbons (Fsp3) is 0.440. The van der Waals surface area contributed by atoms with Gasteiger partial charge in [-0.3, -0.25) is 9.59 Å². The third kappa shape index (κ3) is 7.44. The van der Waals surface area contributed by atoms with Crippen molar-refractivity contribution in [2.75, 3.05) is 30.4 Å². The first-order valence-electron chi connectivity index (χ1n) is 11.2. The number of nitrogens with zero attached hydrogens (tertiary/aromatic N) is 2. The molecule has 182 valence electrons. The minimum atomic E-state index is -1.21. The molecule has 0 saturated heterocycles. The number of esters is 2. The molecule has 1 aromatic carbocycles. The molecular weight excluding hydrogens is 439 g/mol. The van der Waals surface area contributed by atoms with Crippen molar-refractivity contribution in [3.63, 3.8) is 0 Å². The standard InChI is InChI=1S/C25H31FN4O4/c1-6-14-27-21-17(16-28-24(30-21)29-19-11-9-10-18(26)15-19)12-13-25(4,5)20(22(31)33-7-2)23(32)34-8-3/h9-11,15-16,20H,6-8,14H2,1-5H3,(H2,27,28,29,30). The van der Waals surface area contributed by atoms with Gasteiger partial charge in [0.05, 0.1) is 30.4 Å². The summed E-state index contributed by atoms with van der Waals surface area (Å²) >= 11 is 0. The summed E-state index contributed by atoms with van der Waals surface area (Å²) < 4.78 is 23.7. The van der Waals surface area contributed by atoms with Crippen molar-refractivity contribution in [2.24, 2.45) is 11.3 Å². The molecule has 0 aliphatic heterocycles. The van der Waals surface area contributed by atoms with Crippen LogP contribution in [-0.4, -0.2) is 41.7 Å². The molecule has 9 heteroatoms. The number of nitrogens with one attached hydrogen (secondary N) is 2. The SMILES string of the molecule is CCCNc1nc(Nc2cccc(F)c2)ncc1C#CC(C)(C)C(C(=O)OCC)C(=O)OCC. The highest BCUT2D eigenvalue weighted by molar-refractivity contribution is 5.96. The molecular formula is C25H31FN4O4. The lowest BCUT2D eigenvalue weighted by Crippen LogP contribution is -2.39. The topological polar surface area (TPSA) is 102 Å². The van der Waals surface area contributed by atoms with Gasteiger partial charge in [-0.25, -0.2) is 9.37 Å². The van der Waals surface area contributed by atoms with E-state index < -0.39 is 23.3 Å². The second-order valence-electron chi connectivity index (χ2n) is 7.93. The van der Waals surface area contributed by atoms with E-state index in [2.05, 4.69) is 32.4 Å². The molecule has 0 aliphatic rings. The lowest BCUT2D eigenvalue weighted by Gasteiger charge is -2.26. The predicted molar refractivity (Wildman–Crippen MR) is 128 cm³/mol. The van der Waals surface area contributed by atoms with Crippen molar-refractivity contribution in [3.05, 3.63) is 41.8 Å². The Morgan fingerprint density at radius 1 is 1.15 bits per heavy atom.